The Labute approximate surface area is 199 Å². The van der Waals surface area contributed by atoms with Gasteiger partial charge < -0.3 is 14.8 Å². The van der Waals surface area contributed by atoms with Gasteiger partial charge in [-0.2, -0.15) is 0 Å². The van der Waals surface area contributed by atoms with Crippen LogP contribution in [0, 0.1) is 5.92 Å². The number of nitrogens with zero attached hydrogens (tertiary/aromatic N) is 4. The van der Waals surface area contributed by atoms with Crippen molar-refractivity contribution in [1.29, 1.82) is 0 Å². The summed E-state index contributed by atoms with van der Waals surface area (Å²) in [5.74, 6) is 2.14. The van der Waals surface area contributed by atoms with Crippen LogP contribution in [0.5, 0.6) is 0 Å². The quantitative estimate of drug-likeness (QED) is 0.690. The number of carbonyl (C=O) groups is 1. The van der Waals surface area contributed by atoms with Crippen LogP contribution in [0.2, 0.25) is 0 Å². The molecule has 180 valence electrons. The van der Waals surface area contributed by atoms with E-state index in [1.807, 2.05) is 17.0 Å². The molecule has 2 aromatic rings. The molecule has 1 N–H and O–H groups in total. The third-order valence-corrected chi connectivity index (χ3v) is 7.26. The first-order valence-corrected chi connectivity index (χ1v) is 12.8. The molecule has 0 spiro atoms. The third-order valence-electron chi connectivity index (χ3n) is 7.26. The summed E-state index contributed by atoms with van der Waals surface area (Å²) in [6.07, 6.45) is 8.52. The second kappa shape index (κ2) is 10.7. The molecule has 2 atom stereocenters. The Bertz CT molecular complexity index is 921. The number of imidazole rings is 1. The number of anilines is 1. The Kier molecular flexibility index (Phi) is 7.74. The highest BCUT2D eigenvalue weighted by atomic mass is 16.2. The third kappa shape index (κ3) is 5.78. The number of para-hydroxylation sites is 1. The molecule has 1 saturated heterocycles. The number of nitrogens with one attached hydrogen (secondary N) is 1. The Balaban J connectivity index is 1.60. The lowest BCUT2D eigenvalue weighted by atomic mass is 10.1. The number of hydrogen-bond acceptors (Lipinski definition) is 4. The van der Waals surface area contributed by atoms with Crippen LogP contribution >= 0.6 is 0 Å². The van der Waals surface area contributed by atoms with E-state index in [1.54, 1.807) is 0 Å². The summed E-state index contributed by atoms with van der Waals surface area (Å²) in [7, 11) is 0. The summed E-state index contributed by atoms with van der Waals surface area (Å²) >= 11 is 0. The maximum atomic E-state index is 13.7. The van der Waals surface area contributed by atoms with E-state index in [2.05, 4.69) is 72.1 Å². The average Bonchev–Trinajstić information content (AvgIpc) is 3.38. The number of hydrogen-bond donors (Lipinski definition) is 1. The van der Waals surface area contributed by atoms with Gasteiger partial charge in [-0.05, 0) is 49.8 Å². The SMILES string of the molecule is CC(C)CCN1[C@H]2CCNc3ccccc3CN(C(=O)Cn3ccnc3C(C)C)C[C@@H]1CC2. The maximum Gasteiger partial charge on any atom is 0.242 e. The van der Waals surface area contributed by atoms with Crippen LogP contribution in [-0.4, -0.2) is 57.0 Å². The number of amides is 1. The van der Waals surface area contributed by atoms with Gasteiger partial charge in [0.05, 0.1) is 0 Å². The van der Waals surface area contributed by atoms with Gasteiger partial charge >= 0.3 is 0 Å². The van der Waals surface area contributed by atoms with Gasteiger partial charge in [0.25, 0.3) is 0 Å². The van der Waals surface area contributed by atoms with Gasteiger partial charge in [-0.3, -0.25) is 9.69 Å². The molecule has 0 saturated carbocycles. The molecule has 4 rings (SSSR count). The first kappa shape index (κ1) is 23.8. The van der Waals surface area contributed by atoms with E-state index in [-0.39, 0.29) is 5.91 Å². The van der Waals surface area contributed by atoms with Crippen molar-refractivity contribution in [2.24, 2.45) is 5.92 Å². The maximum absolute atomic E-state index is 13.7. The molecule has 0 aliphatic carbocycles. The fraction of sp³-hybridized carbons (Fsp3) is 0.630. The molecule has 6 nitrogen and oxygen atoms in total. The van der Waals surface area contributed by atoms with Crippen molar-refractivity contribution in [3.63, 3.8) is 0 Å². The van der Waals surface area contributed by atoms with Crippen molar-refractivity contribution in [2.75, 3.05) is 25.0 Å². The van der Waals surface area contributed by atoms with Crippen molar-refractivity contribution in [3.05, 3.63) is 48.0 Å². The largest absolute Gasteiger partial charge is 0.385 e. The Morgan fingerprint density at radius 3 is 2.70 bits per heavy atom. The van der Waals surface area contributed by atoms with Gasteiger partial charge in [0, 0.05) is 55.7 Å². The van der Waals surface area contributed by atoms with Crippen LogP contribution in [0.25, 0.3) is 0 Å². The molecule has 3 heterocycles. The zero-order valence-corrected chi connectivity index (χ0v) is 20.8. The van der Waals surface area contributed by atoms with Crippen molar-refractivity contribution in [2.45, 2.75) is 84.5 Å². The smallest absolute Gasteiger partial charge is 0.242 e. The van der Waals surface area contributed by atoms with E-state index in [9.17, 15) is 4.79 Å². The fourth-order valence-corrected chi connectivity index (χ4v) is 5.41. The zero-order chi connectivity index (χ0) is 23.4. The van der Waals surface area contributed by atoms with Gasteiger partial charge in [0.2, 0.25) is 5.91 Å². The molecule has 0 unspecified atom stereocenters. The summed E-state index contributed by atoms with van der Waals surface area (Å²) in [5, 5.41) is 3.68. The fourth-order valence-electron chi connectivity index (χ4n) is 5.41. The number of carbonyl (C=O) groups excluding carboxylic acids is 1. The topological polar surface area (TPSA) is 53.4 Å². The van der Waals surface area contributed by atoms with E-state index in [0.717, 1.165) is 37.6 Å². The highest BCUT2D eigenvalue weighted by molar-refractivity contribution is 5.76. The Morgan fingerprint density at radius 1 is 1.12 bits per heavy atom. The summed E-state index contributed by atoms with van der Waals surface area (Å²) in [4.78, 5) is 23.0. The first-order valence-electron chi connectivity index (χ1n) is 12.8. The monoisotopic (exact) mass is 451 g/mol. The lowest BCUT2D eigenvalue weighted by molar-refractivity contribution is -0.133. The van der Waals surface area contributed by atoms with Gasteiger partial charge in [0.1, 0.15) is 12.4 Å². The number of aromatic nitrogens is 2. The molecular formula is C27H41N5O. The number of rotatable bonds is 6. The molecule has 1 aromatic carbocycles. The Morgan fingerprint density at radius 2 is 1.91 bits per heavy atom. The van der Waals surface area contributed by atoms with Crippen molar-refractivity contribution < 1.29 is 4.79 Å². The molecule has 2 bridgehead atoms. The number of fused-ring (bicyclic) bond motifs is 3. The Hall–Kier alpha value is -2.34. The predicted molar refractivity (Wildman–Crippen MR) is 134 cm³/mol. The minimum absolute atomic E-state index is 0.177. The molecule has 33 heavy (non-hydrogen) atoms. The van der Waals surface area contributed by atoms with Crippen molar-refractivity contribution >= 4 is 11.6 Å². The van der Waals surface area contributed by atoms with Crippen molar-refractivity contribution in [1.82, 2.24) is 19.4 Å². The van der Waals surface area contributed by atoms with Gasteiger partial charge in [0.15, 0.2) is 0 Å². The molecule has 2 aliphatic heterocycles. The van der Waals surface area contributed by atoms with Crippen LogP contribution in [-0.2, 0) is 17.9 Å². The van der Waals surface area contributed by atoms with Crippen LogP contribution in [0.3, 0.4) is 0 Å². The van der Waals surface area contributed by atoms with E-state index in [0.29, 0.717) is 37.0 Å². The molecule has 1 aromatic heterocycles. The van der Waals surface area contributed by atoms with Crippen LogP contribution in [0.1, 0.15) is 70.7 Å². The lowest BCUT2D eigenvalue weighted by Gasteiger charge is -2.34. The lowest BCUT2D eigenvalue weighted by Crippen LogP contribution is -2.46. The first-order chi connectivity index (χ1) is 15.9. The second-order valence-electron chi connectivity index (χ2n) is 10.5. The average molecular weight is 452 g/mol. The van der Waals surface area contributed by atoms with Crippen LogP contribution < -0.4 is 5.32 Å². The molecule has 6 heteroatoms. The second-order valence-corrected chi connectivity index (χ2v) is 10.5. The molecule has 1 amide bonds. The summed E-state index contributed by atoms with van der Waals surface area (Å²) in [6.45, 7) is 12.8. The van der Waals surface area contributed by atoms with E-state index in [4.69, 9.17) is 0 Å². The zero-order valence-electron chi connectivity index (χ0n) is 20.8. The minimum atomic E-state index is 0.177. The normalized spacial score (nSPS) is 21.7. The van der Waals surface area contributed by atoms with E-state index in [1.165, 1.54) is 24.8 Å². The highest BCUT2D eigenvalue weighted by Crippen LogP contribution is 2.30. The van der Waals surface area contributed by atoms with E-state index >= 15 is 0 Å². The van der Waals surface area contributed by atoms with Gasteiger partial charge in [-0.25, -0.2) is 4.98 Å². The molecular weight excluding hydrogens is 410 g/mol. The van der Waals surface area contributed by atoms with Gasteiger partial charge in [-0.15, -0.1) is 0 Å². The molecule has 2 aliphatic rings. The summed E-state index contributed by atoms with van der Waals surface area (Å²) in [5.41, 5.74) is 2.36. The van der Waals surface area contributed by atoms with Crippen LogP contribution in [0.15, 0.2) is 36.7 Å². The van der Waals surface area contributed by atoms with E-state index < -0.39 is 0 Å². The van der Waals surface area contributed by atoms with Crippen molar-refractivity contribution in [3.8, 4) is 0 Å². The van der Waals surface area contributed by atoms with Gasteiger partial charge in [-0.1, -0.05) is 45.9 Å². The highest BCUT2D eigenvalue weighted by Gasteiger charge is 2.35. The van der Waals surface area contributed by atoms with Crippen LogP contribution in [0.4, 0.5) is 5.69 Å². The summed E-state index contributed by atoms with van der Waals surface area (Å²) < 4.78 is 2.02. The summed E-state index contributed by atoms with van der Waals surface area (Å²) in [6, 6.07) is 9.51. The molecule has 1 fully saturated rings. The molecule has 0 radical (unpaired) electrons. The minimum Gasteiger partial charge on any atom is -0.385 e. The number of benzene rings is 1. The predicted octanol–water partition coefficient (Wildman–Crippen LogP) is 4.73. The standard InChI is InChI=1S/C27H41N5O/c1-20(2)12-15-32-23-9-10-24(32)18-31(17-22-7-5-6-8-25(22)28-13-11-23)26(33)19-30-16-14-29-27(30)21(3)4/h5-8,14,16,20-21,23-24,28H,9-13,15,17-19H2,1-4H3/t23-,24+/m1/s1.